The Morgan fingerprint density at radius 3 is 2.54 bits per heavy atom. The third-order valence-electron chi connectivity index (χ3n) is 6.72. The molecule has 1 saturated carbocycles. The number of ketones is 1. The van der Waals surface area contributed by atoms with Gasteiger partial charge in [0.2, 0.25) is 5.12 Å². The Kier molecular flexibility index (Phi) is 7.45. The molecule has 0 amide bonds. The van der Waals surface area contributed by atoms with Gasteiger partial charge in [-0.25, -0.2) is 9.97 Å². The molecule has 6 nitrogen and oxygen atoms in total. The van der Waals surface area contributed by atoms with Gasteiger partial charge >= 0.3 is 0 Å². The molecule has 0 spiro atoms. The predicted molar refractivity (Wildman–Crippen MR) is 138 cm³/mol. The Labute approximate surface area is 209 Å². The summed E-state index contributed by atoms with van der Waals surface area (Å²) in [5.41, 5.74) is 4.45. The van der Waals surface area contributed by atoms with E-state index in [1.807, 2.05) is 12.4 Å². The van der Waals surface area contributed by atoms with Gasteiger partial charge in [-0.1, -0.05) is 24.3 Å². The number of rotatable bonds is 7. The van der Waals surface area contributed by atoms with Crippen molar-refractivity contribution < 1.29 is 9.59 Å². The quantitative estimate of drug-likeness (QED) is 0.373. The van der Waals surface area contributed by atoms with E-state index in [1.54, 1.807) is 18.3 Å². The molecule has 1 saturated heterocycles. The van der Waals surface area contributed by atoms with Crippen LogP contribution in [0.5, 0.6) is 0 Å². The van der Waals surface area contributed by atoms with Crippen molar-refractivity contribution in [3.63, 3.8) is 0 Å². The van der Waals surface area contributed by atoms with E-state index >= 15 is 0 Å². The second kappa shape index (κ2) is 11.1. The van der Waals surface area contributed by atoms with Crippen LogP contribution in [0.1, 0.15) is 49.2 Å². The van der Waals surface area contributed by atoms with E-state index < -0.39 is 0 Å². The molecule has 35 heavy (non-hydrogen) atoms. The van der Waals surface area contributed by atoms with Gasteiger partial charge in [0.25, 0.3) is 0 Å². The average molecular weight is 485 g/mol. The molecule has 0 bridgehead atoms. The molecule has 3 aromatic rings. The summed E-state index contributed by atoms with van der Waals surface area (Å²) in [4.78, 5) is 37.1. The van der Waals surface area contributed by atoms with Crippen LogP contribution in [0.4, 0.5) is 0 Å². The standard InChI is InChI=1S/C28H28N4O2S/c33-25-17-28(34)35-26(25)16-23-11-14-30-27(32-23)15-19-5-7-22(8-6-19)31-18-21-3-1-2-4-24(21)20-9-12-29-13-10-20/h1-4,9-14,16,19,22,31H,5-8,15,17-18H2/b26-16-. The highest BCUT2D eigenvalue weighted by atomic mass is 32.2. The first kappa shape index (κ1) is 23.6. The summed E-state index contributed by atoms with van der Waals surface area (Å²) >= 11 is 1.02. The second-order valence-corrected chi connectivity index (χ2v) is 10.3. The second-order valence-electron chi connectivity index (χ2n) is 9.18. The number of pyridine rings is 1. The number of nitrogens with zero attached hydrogens (tertiary/aromatic N) is 3. The van der Waals surface area contributed by atoms with Crippen molar-refractivity contribution in [2.75, 3.05) is 0 Å². The molecular formula is C28H28N4O2S. The highest BCUT2D eigenvalue weighted by molar-refractivity contribution is 8.18. The van der Waals surface area contributed by atoms with E-state index in [2.05, 4.69) is 56.7 Å². The van der Waals surface area contributed by atoms with E-state index in [1.165, 1.54) is 16.7 Å². The first-order chi connectivity index (χ1) is 17.1. The topological polar surface area (TPSA) is 84.8 Å². The minimum atomic E-state index is -0.116. The molecule has 2 fully saturated rings. The molecule has 7 heteroatoms. The van der Waals surface area contributed by atoms with Crippen LogP contribution >= 0.6 is 11.8 Å². The summed E-state index contributed by atoms with van der Waals surface area (Å²) in [5, 5.41) is 3.68. The zero-order valence-corrected chi connectivity index (χ0v) is 20.3. The summed E-state index contributed by atoms with van der Waals surface area (Å²) in [6, 6.07) is 15.0. The van der Waals surface area contributed by atoms with Crippen molar-refractivity contribution in [3.05, 3.63) is 83.0 Å². The summed E-state index contributed by atoms with van der Waals surface area (Å²) < 4.78 is 0. The Hall–Kier alpha value is -3.16. The molecule has 0 unspecified atom stereocenters. The van der Waals surface area contributed by atoms with Gasteiger partial charge in [0.15, 0.2) is 5.78 Å². The molecule has 178 valence electrons. The Balaban J connectivity index is 1.14. The summed E-state index contributed by atoms with van der Waals surface area (Å²) in [6.07, 6.45) is 12.5. The van der Waals surface area contributed by atoms with Gasteiger partial charge in [0.05, 0.1) is 17.0 Å². The number of carbonyl (C=O) groups excluding carboxylic acids is 2. The van der Waals surface area contributed by atoms with Crippen LogP contribution in [0.25, 0.3) is 17.2 Å². The van der Waals surface area contributed by atoms with Crippen LogP contribution in [0.2, 0.25) is 0 Å². The third kappa shape index (κ3) is 6.10. The van der Waals surface area contributed by atoms with Gasteiger partial charge < -0.3 is 5.32 Å². The van der Waals surface area contributed by atoms with Crippen LogP contribution < -0.4 is 5.32 Å². The number of aromatic nitrogens is 3. The summed E-state index contributed by atoms with van der Waals surface area (Å²) in [6.45, 7) is 0.854. The molecule has 0 radical (unpaired) electrons. The number of carbonyl (C=O) groups is 2. The highest BCUT2D eigenvalue weighted by Crippen LogP contribution is 2.31. The Morgan fingerprint density at radius 1 is 0.971 bits per heavy atom. The number of benzene rings is 1. The number of nitrogens with one attached hydrogen (secondary N) is 1. The smallest absolute Gasteiger partial charge is 0.201 e. The number of thioether (sulfide) groups is 1. The normalized spacial score (nSPS) is 21.5. The molecule has 2 aliphatic rings. The van der Waals surface area contributed by atoms with Crippen molar-refractivity contribution in [2.24, 2.45) is 5.92 Å². The monoisotopic (exact) mass is 484 g/mol. The van der Waals surface area contributed by atoms with Crippen LogP contribution in [0.3, 0.4) is 0 Å². The van der Waals surface area contributed by atoms with E-state index in [0.717, 1.165) is 56.2 Å². The summed E-state index contributed by atoms with van der Waals surface area (Å²) in [5.74, 6) is 1.25. The number of allylic oxidation sites excluding steroid dienone is 1. The van der Waals surface area contributed by atoms with Gasteiger partial charge in [0.1, 0.15) is 5.82 Å². The minimum absolute atomic E-state index is 0.0129. The number of hydrogen-bond acceptors (Lipinski definition) is 7. The molecule has 0 atom stereocenters. The average Bonchev–Trinajstić information content (AvgIpc) is 3.20. The van der Waals surface area contributed by atoms with E-state index in [-0.39, 0.29) is 17.3 Å². The number of hydrogen-bond donors (Lipinski definition) is 1. The Bertz CT molecular complexity index is 1240. The molecular weight excluding hydrogens is 456 g/mol. The molecule has 5 rings (SSSR count). The van der Waals surface area contributed by atoms with Crippen LogP contribution in [0.15, 0.2) is 66.0 Å². The predicted octanol–water partition coefficient (Wildman–Crippen LogP) is 5.00. The maximum Gasteiger partial charge on any atom is 0.201 e. The van der Waals surface area contributed by atoms with Crippen molar-refractivity contribution >= 4 is 28.7 Å². The third-order valence-corrected chi connectivity index (χ3v) is 7.65. The van der Waals surface area contributed by atoms with Crippen molar-refractivity contribution in [3.8, 4) is 11.1 Å². The molecule has 2 aromatic heterocycles. The fourth-order valence-corrected chi connectivity index (χ4v) is 5.66. The van der Waals surface area contributed by atoms with Crippen LogP contribution in [-0.4, -0.2) is 31.9 Å². The maximum atomic E-state index is 11.9. The van der Waals surface area contributed by atoms with Crippen molar-refractivity contribution in [1.29, 1.82) is 0 Å². The molecule has 1 aromatic carbocycles. The minimum Gasteiger partial charge on any atom is -0.310 e. The fourth-order valence-electron chi connectivity index (χ4n) is 4.84. The molecule has 1 aliphatic carbocycles. The first-order valence-corrected chi connectivity index (χ1v) is 12.9. The van der Waals surface area contributed by atoms with Crippen LogP contribution in [-0.2, 0) is 22.6 Å². The highest BCUT2D eigenvalue weighted by Gasteiger charge is 2.26. The lowest BCUT2D eigenvalue weighted by Gasteiger charge is -2.29. The SMILES string of the molecule is O=C1CC(=O)/C(=C/c2ccnc(CC3CCC(NCc4ccccc4-c4ccncc4)CC3)n2)S1. The molecule has 3 heterocycles. The van der Waals surface area contributed by atoms with Gasteiger partial charge in [0, 0.05) is 37.6 Å². The lowest BCUT2D eigenvalue weighted by Crippen LogP contribution is -2.33. The lowest BCUT2D eigenvalue weighted by molar-refractivity contribution is -0.119. The fraction of sp³-hybridized carbons (Fsp3) is 0.321. The van der Waals surface area contributed by atoms with Crippen molar-refractivity contribution in [1.82, 2.24) is 20.3 Å². The number of Topliss-reactive ketones (excluding diaryl/α,β-unsaturated/α-hetero) is 1. The van der Waals surface area contributed by atoms with Gasteiger partial charge in [-0.15, -0.1) is 0 Å². The summed E-state index contributed by atoms with van der Waals surface area (Å²) in [7, 11) is 0. The molecule has 1 aliphatic heterocycles. The van der Waals surface area contributed by atoms with E-state index in [9.17, 15) is 9.59 Å². The largest absolute Gasteiger partial charge is 0.310 e. The lowest BCUT2D eigenvalue weighted by atomic mass is 9.84. The van der Waals surface area contributed by atoms with E-state index in [0.29, 0.717) is 22.6 Å². The molecule has 1 N–H and O–H groups in total. The maximum absolute atomic E-state index is 11.9. The zero-order valence-electron chi connectivity index (χ0n) is 19.5. The van der Waals surface area contributed by atoms with Gasteiger partial charge in [-0.3, -0.25) is 14.6 Å². The zero-order chi connectivity index (χ0) is 24.0. The van der Waals surface area contributed by atoms with E-state index in [4.69, 9.17) is 0 Å². The Morgan fingerprint density at radius 2 is 1.77 bits per heavy atom. The van der Waals surface area contributed by atoms with Crippen LogP contribution in [0, 0.1) is 5.92 Å². The van der Waals surface area contributed by atoms with Gasteiger partial charge in [-0.2, -0.15) is 0 Å². The first-order valence-electron chi connectivity index (χ1n) is 12.1. The van der Waals surface area contributed by atoms with Gasteiger partial charge in [-0.05, 0) is 84.3 Å². The van der Waals surface area contributed by atoms with Crippen molar-refractivity contribution in [2.45, 2.75) is 51.1 Å².